The van der Waals surface area contributed by atoms with Crippen LogP contribution in [0.3, 0.4) is 0 Å². The molecule has 0 amide bonds. The van der Waals surface area contributed by atoms with Gasteiger partial charge in [-0.3, -0.25) is 9.59 Å². The zero-order valence-electron chi connectivity index (χ0n) is 23.0. The van der Waals surface area contributed by atoms with Crippen molar-refractivity contribution in [3.8, 4) is 11.5 Å². The normalized spacial score (nSPS) is 14.3. The maximum atomic E-state index is 14.0. The van der Waals surface area contributed by atoms with E-state index in [2.05, 4.69) is 4.74 Å². The van der Waals surface area contributed by atoms with E-state index in [1.165, 1.54) is 0 Å². The molecule has 266 valence electrons. The minimum absolute atomic E-state index is 0.119. The molecular weight excluding hydrogens is 687 g/mol. The summed E-state index contributed by atoms with van der Waals surface area (Å²) in [7, 11) is 0. The largest absolute Gasteiger partial charge is 0.493 e. The highest BCUT2D eigenvalue weighted by atomic mass is 19.4. The van der Waals surface area contributed by atoms with Crippen molar-refractivity contribution in [1.82, 2.24) is 0 Å². The van der Waals surface area contributed by atoms with Gasteiger partial charge in [0.15, 0.2) is 5.75 Å². The Morgan fingerprint density at radius 3 is 1.57 bits per heavy atom. The smallest absolute Gasteiger partial charge is 0.460 e. The standard InChI is InChI=1S/C25H23F17O4/c1-2-3-4-5-6-7-17(44)46-16-11-9-14(8-10-15(16)43)45-13-12-18(26,27)19(28,29)20(30,31)21(32,33)22(34,35)23(36,37)24(38,39)25(40,41)42/h8-11H,2-7,12-13H2,1H3. The molecule has 0 aromatic heterocycles. The van der Waals surface area contributed by atoms with Crippen molar-refractivity contribution in [3.63, 3.8) is 0 Å². The molecule has 1 aromatic rings. The highest BCUT2D eigenvalue weighted by Gasteiger charge is 2.95. The monoisotopic (exact) mass is 710 g/mol. The number of rotatable bonds is 17. The van der Waals surface area contributed by atoms with Gasteiger partial charge >= 0.3 is 53.6 Å². The van der Waals surface area contributed by atoms with Gasteiger partial charge in [-0.25, -0.2) is 0 Å². The van der Waals surface area contributed by atoms with Crippen molar-refractivity contribution in [2.24, 2.45) is 0 Å². The van der Waals surface area contributed by atoms with Gasteiger partial charge in [-0.15, -0.1) is 0 Å². The number of esters is 1. The van der Waals surface area contributed by atoms with Crippen LogP contribution in [0.2, 0.25) is 0 Å². The van der Waals surface area contributed by atoms with Crippen LogP contribution in [0, 0.1) is 0 Å². The van der Waals surface area contributed by atoms with E-state index in [1.807, 2.05) is 6.92 Å². The number of ether oxygens (including phenoxy) is 2. The van der Waals surface area contributed by atoms with Crippen molar-refractivity contribution in [2.45, 2.75) is 99.5 Å². The van der Waals surface area contributed by atoms with Gasteiger partial charge in [-0.1, -0.05) is 32.6 Å². The molecule has 0 heterocycles. The lowest BCUT2D eigenvalue weighted by Gasteiger charge is -2.42. The summed E-state index contributed by atoms with van der Waals surface area (Å²) in [4.78, 5) is 23.9. The van der Waals surface area contributed by atoms with Crippen LogP contribution in [0.4, 0.5) is 74.6 Å². The number of carbonyl (C=O) groups is 1. The third kappa shape index (κ3) is 7.74. The summed E-state index contributed by atoms with van der Waals surface area (Å²) < 4.78 is 236. The third-order valence-corrected chi connectivity index (χ3v) is 6.22. The van der Waals surface area contributed by atoms with Crippen molar-refractivity contribution < 1.29 is 88.9 Å². The SMILES string of the molecule is CCCCCCCC(=O)Oc1ccc(OCCC(F)(F)C(F)(F)C(F)(F)C(F)(F)C(F)(F)C(F)(F)C(F)(F)C(F)(F)F)ccc1=O. The molecule has 1 rings (SSSR count). The number of unbranched alkanes of at least 4 members (excludes halogenated alkanes) is 4. The maximum Gasteiger partial charge on any atom is 0.460 e. The van der Waals surface area contributed by atoms with Crippen molar-refractivity contribution in [2.75, 3.05) is 6.61 Å². The zero-order chi connectivity index (χ0) is 36.2. The van der Waals surface area contributed by atoms with Crippen LogP contribution >= 0.6 is 0 Å². The Morgan fingerprint density at radius 1 is 0.609 bits per heavy atom. The second kappa shape index (κ2) is 14.0. The molecule has 0 spiro atoms. The summed E-state index contributed by atoms with van der Waals surface area (Å²) in [5, 5.41) is 0. The first-order valence-corrected chi connectivity index (χ1v) is 12.8. The van der Waals surface area contributed by atoms with E-state index < -0.39 is 83.6 Å². The predicted molar refractivity (Wildman–Crippen MR) is 123 cm³/mol. The molecule has 0 N–H and O–H groups in total. The second-order valence-electron chi connectivity index (χ2n) is 9.68. The zero-order valence-corrected chi connectivity index (χ0v) is 23.0. The van der Waals surface area contributed by atoms with E-state index in [-0.39, 0.29) is 6.42 Å². The van der Waals surface area contributed by atoms with Crippen LogP contribution in [0.15, 0.2) is 29.1 Å². The predicted octanol–water partition coefficient (Wildman–Crippen LogP) is 9.09. The first-order valence-electron chi connectivity index (χ1n) is 12.8. The molecule has 0 radical (unpaired) electrons. The Bertz CT molecular complexity index is 1250. The van der Waals surface area contributed by atoms with E-state index in [0.29, 0.717) is 37.1 Å². The van der Waals surface area contributed by atoms with Crippen molar-refractivity contribution in [3.05, 3.63) is 34.5 Å². The summed E-state index contributed by atoms with van der Waals surface area (Å²) in [5.41, 5.74) is -1.03. The quantitative estimate of drug-likeness (QED) is 0.0920. The number of hydrogen-bond acceptors (Lipinski definition) is 4. The minimum atomic E-state index is -8.70. The van der Waals surface area contributed by atoms with E-state index in [4.69, 9.17) is 4.74 Å². The van der Waals surface area contributed by atoms with Crippen LogP contribution in [-0.4, -0.2) is 60.2 Å². The summed E-state index contributed by atoms with van der Waals surface area (Å²) in [5.74, 6) is -59.2. The fraction of sp³-hybridized carbons (Fsp3) is 0.680. The van der Waals surface area contributed by atoms with Crippen LogP contribution < -0.4 is 14.9 Å². The first-order chi connectivity index (χ1) is 20.6. The van der Waals surface area contributed by atoms with Gasteiger partial charge in [0.05, 0.1) is 13.0 Å². The Balaban J connectivity index is 3.13. The van der Waals surface area contributed by atoms with Gasteiger partial charge < -0.3 is 9.47 Å². The Morgan fingerprint density at radius 2 is 1.07 bits per heavy atom. The maximum absolute atomic E-state index is 14.0. The fourth-order valence-electron chi connectivity index (χ4n) is 3.41. The van der Waals surface area contributed by atoms with Gasteiger partial charge in [0.1, 0.15) is 5.75 Å². The minimum Gasteiger partial charge on any atom is -0.493 e. The summed E-state index contributed by atoms with van der Waals surface area (Å²) in [6, 6.07) is 2.62. The molecule has 46 heavy (non-hydrogen) atoms. The molecule has 0 aliphatic rings. The van der Waals surface area contributed by atoms with Crippen LogP contribution in [0.25, 0.3) is 0 Å². The molecular formula is C25H23F17O4. The topological polar surface area (TPSA) is 52.6 Å². The molecule has 0 saturated heterocycles. The van der Waals surface area contributed by atoms with Gasteiger partial charge in [-0.05, 0) is 30.7 Å². The fourth-order valence-corrected chi connectivity index (χ4v) is 3.41. The van der Waals surface area contributed by atoms with Crippen molar-refractivity contribution in [1.29, 1.82) is 0 Å². The van der Waals surface area contributed by atoms with E-state index in [0.717, 1.165) is 19.3 Å². The molecule has 0 fully saturated rings. The molecule has 1 aromatic carbocycles. The molecule has 0 bridgehead atoms. The molecule has 0 aliphatic carbocycles. The molecule has 21 heteroatoms. The second-order valence-corrected chi connectivity index (χ2v) is 9.68. The van der Waals surface area contributed by atoms with Gasteiger partial charge in [0.2, 0.25) is 5.43 Å². The molecule has 4 nitrogen and oxygen atoms in total. The Labute approximate surface area is 247 Å². The van der Waals surface area contributed by atoms with E-state index in [9.17, 15) is 84.2 Å². The van der Waals surface area contributed by atoms with Crippen LogP contribution in [0.1, 0.15) is 51.9 Å². The lowest BCUT2D eigenvalue weighted by atomic mass is 9.88. The summed E-state index contributed by atoms with van der Waals surface area (Å²) in [6.45, 7) is 0.0461. The lowest BCUT2D eigenvalue weighted by molar-refractivity contribution is -0.461. The van der Waals surface area contributed by atoms with E-state index in [1.54, 1.807) is 0 Å². The number of alkyl halides is 17. The van der Waals surface area contributed by atoms with Gasteiger partial charge in [0, 0.05) is 6.42 Å². The average molecular weight is 710 g/mol. The number of carbonyl (C=O) groups excluding carboxylic acids is 1. The number of halogens is 17. The molecule has 0 aliphatic heterocycles. The Kier molecular flexibility index (Phi) is 12.5. The molecule has 0 saturated carbocycles. The highest BCUT2D eigenvalue weighted by molar-refractivity contribution is 5.72. The lowest BCUT2D eigenvalue weighted by Crippen LogP contribution is -2.74. The first kappa shape index (κ1) is 41.0. The van der Waals surface area contributed by atoms with Gasteiger partial charge in [-0.2, -0.15) is 74.6 Å². The van der Waals surface area contributed by atoms with Crippen LogP contribution in [-0.2, 0) is 4.79 Å². The summed E-state index contributed by atoms with van der Waals surface area (Å²) in [6.07, 6.45) is -7.08. The third-order valence-electron chi connectivity index (χ3n) is 6.22. The van der Waals surface area contributed by atoms with Crippen molar-refractivity contribution >= 4 is 5.97 Å². The molecule has 0 unspecified atom stereocenters. The van der Waals surface area contributed by atoms with E-state index >= 15 is 0 Å². The Hall–Kier alpha value is -3.03. The highest BCUT2D eigenvalue weighted by Crippen LogP contribution is 2.64. The molecule has 0 atom stereocenters. The summed E-state index contributed by atoms with van der Waals surface area (Å²) >= 11 is 0. The van der Waals surface area contributed by atoms with Crippen LogP contribution in [0.5, 0.6) is 11.5 Å². The average Bonchev–Trinajstić information content (AvgIpc) is 3.08. The number of hydrogen-bond donors (Lipinski definition) is 0. The van der Waals surface area contributed by atoms with Gasteiger partial charge in [0.25, 0.3) is 0 Å².